The maximum Gasteiger partial charge on any atom is 0.341 e. The molecule has 0 spiro atoms. The van der Waals surface area contributed by atoms with E-state index in [0.717, 1.165) is 24.3 Å². The van der Waals surface area contributed by atoms with Crippen LogP contribution in [-0.2, 0) is 4.79 Å². The first-order valence-corrected chi connectivity index (χ1v) is 11.4. The number of benzene rings is 3. The van der Waals surface area contributed by atoms with Crippen molar-refractivity contribution in [2.24, 2.45) is 10.9 Å². The zero-order valence-corrected chi connectivity index (χ0v) is 19.8. The summed E-state index contributed by atoms with van der Waals surface area (Å²) in [5.41, 5.74) is 1.42. The molecule has 4 aromatic rings. The van der Waals surface area contributed by atoms with Crippen LogP contribution >= 0.6 is 11.6 Å². The summed E-state index contributed by atoms with van der Waals surface area (Å²) in [6, 6.07) is 10.2. The van der Waals surface area contributed by atoms with Crippen LogP contribution in [0.15, 0.2) is 59.6 Å². The largest absolute Gasteiger partial charge is 0.341 e. The summed E-state index contributed by atoms with van der Waals surface area (Å²) in [6.45, 7) is 1.52. The second kappa shape index (κ2) is 9.58. The van der Waals surface area contributed by atoms with Crippen LogP contribution in [0, 0.1) is 23.4 Å². The van der Waals surface area contributed by atoms with Gasteiger partial charge >= 0.3 is 6.03 Å². The second-order valence-electron chi connectivity index (χ2n) is 8.43. The molecule has 8 nitrogen and oxygen atoms in total. The van der Waals surface area contributed by atoms with Crippen LogP contribution in [0.25, 0.3) is 10.9 Å². The molecule has 0 fully saturated rings. The lowest BCUT2D eigenvalue weighted by molar-refractivity contribution is -0.118. The van der Waals surface area contributed by atoms with Crippen LogP contribution < -0.4 is 16.0 Å². The number of carbonyl (C=O) groups is 2. The van der Waals surface area contributed by atoms with E-state index < -0.39 is 41.3 Å². The van der Waals surface area contributed by atoms with Gasteiger partial charge in [-0.05, 0) is 49.4 Å². The Labute approximate surface area is 212 Å². The molecule has 0 aliphatic carbocycles. The van der Waals surface area contributed by atoms with E-state index in [2.05, 4.69) is 31.1 Å². The van der Waals surface area contributed by atoms with E-state index in [1.807, 2.05) is 0 Å². The molecule has 3 amide bonds. The molecule has 1 aliphatic rings. The van der Waals surface area contributed by atoms with Crippen LogP contribution in [0.1, 0.15) is 18.5 Å². The molecule has 4 N–H and O–H groups in total. The number of nitrogens with one attached hydrogen (secondary N) is 4. The summed E-state index contributed by atoms with van der Waals surface area (Å²) in [6.07, 6.45) is 0. The van der Waals surface area contributed by atoms with Gasteiger partial charge in [0.05, 0.1) is 11.6 Å². The van der Waals surface area contributed by atoms with Crippen molar-refractivity contribution in [3.8, 4) is 0 Å². The van der Waals surface area contributed by atoms with Crippen LogP contribution in [-0.4, -0.2) is 27.8 Å². The second-order valence-corrected chi connectivity index (χ2v) is 8.87. The molecule has 3 aromatic carbocycles. The van der Waals surface area contributed by atoms with E-state index in [9.17, 15) is 22.8 Å². The molecule has 188 valence electrons. The highest BCUT2D eigenvalue weighted by Crippen LogP contribution is 2.32. The summed E-state index contributed by atoms with van der Waals surface area (Å²) in [5.74, 6) is -3.45. The number of nitrogens with zero attached hydrogens (tertiary/aromatic N) is 2. The highest BCUT2D eigenvalue weighted by molar-refractivity contribution is 6.30. The van der Waals surface area contributed by atoms with Gasteiger partial charge in [0.25, 0.3) is 0 Å². The van der Waals surface area contributed by atoms with Gasteiger partial charge in [-0.25, -0.2) is 23.0 Å². The van der Waals surface area contributed by atoms with E-state index >= 15 is 0 Å². The van der Waals surface area contributed by atoms with Crippen molar-refractivity contribution in [2.75, 3.05) is 10.6 Å². The summed E-state index contributed by atoms with van der Waals surface area (Å²) in [7, 11) is 0. The third-order valence-electron chi connectivity index (χ3n) is 5.88. The molecule has 0 radical (unpaired) electrons. The average Bonchev–Trinajstić information content (AvgIpc) is 3.19. The van der Waals surface area contributed by atoms with Crippen LogP contribution in [0.4, 0.5) is 35.2 Å². The Morgan fingerprint density at radius 3 is 2.49 bits per heavy atom. The molecule has 37 heavy (non-hydrogen) atoms. The Morgan fingerprint density at radius 2 is 1.76 bits per heavy atom. The molecule has 1 aliphatic heterocycles. The van der Waals surface area contributed by atoms with Gasteiger partial charge in [0.2, 0.25) is 5.91 Å². The lowest BCUT2D eigenvalue weighted by Crippen LogP contribution is -2.45. The van der Waals surface area contributed by atoms with Gasteiger partial charge in [-0.2, -0.15) is 5.10 Å². The molecule has 5 rings (SSSR count). The summed E-state index contributed by atoms with van der Waals surface area (Å²) >= 11 is 5.86. The Hall–Kier alpha value is -4.38. The fourth-order valence-electron chi connectivity index (χ4n) is 4.24. The fourth-order valence-corrected chi connectivity index (χ4v) is 4.40. The maximum absolute atomic E-state index is 14.7. The predicted octanol–water partition coefficient (Wildman–Crippen LogP) is 5.86. The molecular weight excluding hydrogens is 509 g/mol. The number of urea groups is 1. The van der Waals surface area contributed by atoms with Crippen molar-refractivity contribution in [1.29, 1.82) is 0 Å². The third-order valence-corrected chi connectivity index (χ3v) is 6.11. The van der Waals surface area contributed by atoms with E-state index in [1.165, 1.54) is 19.1 Å². The minimum absolute atomic E-state index is 0.0891. The Kier molecular flexibility index (Phi) is 6.30. The highest BCUT2D eigenvalue weighted by atomic mass is 35.5. The van der Waals surface area contributed by atoms with Crippen molar-refractivity contribution >= 4 is 57.3 Å². The van der Waals surface area contributed by atoms with Gasteiger partial charge in [-0.15, -0.1) is 0 Å². The first-order chi connectivity index (χ1) is 17.7. The molecule has 0 saturated heterocycles. The highest BCUT2D eigenvalue weighted by Gasteiger charge is 2.38. The fraction of sp³-hybridized carbons (Fsp3) is 0.120. The molecule has 2 heterocycles. The number of aromatic amines is 1. The molecule has 1 aromatic heterocycles. The molecule has 12 heteroatoms. The number of aliphatic imine (C=N–C) groups is 1. The van der Waals surface area contributed by atoms with E-state index in [1.54, 1.807) is 18.2 Å². The first-order valence-electron chi connectivity index (χ1n) is 11.0. The average molecular weight is 527 g/mol. The zero-order valence-electron chi connectivity index (χ0n) is 19.1. The maximum atomic E-state index is 14.7. The topological polar surface area (TPSA) is 111 Å². The van der Waals surface area contributed by atoms with Crippen molar-refractivity contribution in [2.45, 2.75) is 13.0 Å². The van der Waals surface area contributed by atoms with Gasteiger partial charge in [0.15, 0.2) is 5.82 Å². The van der Waals surface area contributed by atoms with Crippen molar-refractivity contribution in [1.82, 2.24) is 15.5 Å². The molecule has 0 saturated carbocycles. The Bertz CT molecular complexity index is 1570. The van der Waals surface area contributed by atoms with Crippen molar-refractivity contribution in [3.05, 3.63) is 82.6 Å². The van der Waals surface area contributed by atoms with Crippen LogP contribution in [0.3, 0.4) is 0 Å². The molecule has 2 unspecified atom stereocenters. The lowest BCUT2D eigenvalue weighted by Gasteiger charge is -2.30. The number of hydrogen-bond acceptors (Lipinski definition) is 4. The summed E-state index contributed by atoms with van der Waals surface area (Å²) < 4.78 is 41.9. The van der Waals surface area contributed by atoms with Gasteiger partial charge in [0.1, 0.15) is 23.4 Å². The van der Waals surface area contributed by atoms with E-state index in [4.69, 9.17) is 11.6 Å². The van der Waals surface area contributed by atoms with Gasteiger partial charge in [0, 0.05) is 39.1 Å². The number of rotatable bonds is 5. The number of fused-ring (bicyclic) bond motifs is 1. The SMILES string of the molecule is CC1=NC(=O)NC(c2ccc(Cl)cc2F)C1C(=O)Nc1ccc2[nH]nc(Nc3cc(F)cc(F)c3)c2c1. The monoisotopic (exact) mass is 526 g/mol. The van der Waals surface area contributed by atoms with Crippen molar-refractivity contribution < 1.29 is 22.8 Å². The minimum atomic E-state index is -1.01. The zero-order chi connectivity index (χ0) is 26.3. The van der Waals surface area contributed by atoms with Crippen molar-refractivity contribution in [3.63, 3.8) is 0 Å². The minimum Gasteiger partial charge on any atom is -0.338 e. The number of amides is 3. The number of aromatic nitrogens is 2. The molecule has 0 bridgehead atoms. The van der Waals surface area contributed by atoms with Gasteiger partial charge < -0.3 is 16.0 Å². The van der Waals surface area contributed by atoms with Gasteiger partial charge in [-0.1, -0.05) is 17.7 Å². The predicted molar refractivity (Wildman–Crippen MR) is 134 cm³/mol. The quantitative estimate of drug-likeness (QED) is 0.261. The number of H-pyrrole nitrogens is 1. The Balaban J connectivity index is 1.44. The first kappa shape index (κ1) is 24.3. The number of halogens is 4. The van der Waals surface area contributed by atoms with E-state index in [-0.39, 0.29) is 27.8 Å². The number of anilines is 3. The lowest BCUT2D eigenvalue weighted by atomic mass is 9.87. The molecule has 2 atom stereocenters. The Morgan fingerprint density at radius 1 is 1.00 bits per heavy atom. The molecular formula is C25H18ClF3N6O2. The number of carbonyl (C=O) groups excluding carboxylic acids is 2. The third kappa shape index (κ3) is 4.98. The van der Waals surface area contributed by atoms with Crippen LogP contribution in [0.2, 0.25) is 5.02 Å². The number of hydrogen-bond donors (Lipinski definition) is 4. The normalized spacial score (nSPS) is 17.3. The smallest absolute Gasteiger partial charge is 0.338 e. The summed E-state index contributed by atoms with van der Waals surface area (Å²) in [4.78, 5) is 29.3. The van der Waals surface area contributed by atoms with Crippen LogP contribution in [0.5, 0.6) is 0 Å². The standard InChI is InChI=1S/C25H18ClF3N6O2/c1-11-21(22(33-25(37)30-11)17-4-2-12(26)6-19(17)29)24(36)32-15-3-5-20-18(10-15)23(35-34-20)31-16-8-13(27)7-14(28)9-16/h2-10,21-22H,1H3,(H,32,36)(H,33,37)(H2,31,34,35). The van der Waals surface area contributed by atoms with Gasteiger partial charge in [-0.3, -0.25) is 9.89 Å². The van der Waals surface area contributed by atoms with E-state index in [0.29, 0.717) is 16.6 Å². The summed E-state index contributed by atoms with van der Waals surface area (Å²) in [5, 5.41) is 15.8.